The molecule has 6 nitrogen and oxygen atoms in total. The summed E-state index contributed by atoms with van der Waals surface area (Å²) in [6, 6.07) is 6.16. The first-order chi connectivity index (χ1) is 12.0. The van der Waals surface area contributed by atoms with E-state index in [0.29, 0.717) is 17.6 Å². The number of nitrogens with zero attached hydrogens (tertiary/aromatic N) is 4. The van der Waals surface area contributed by atoms with E-state index in [1.165, 1.54) is 4.68 Å². The van der Waals surface area contributed by atoms with Gasteiger partial charge in [-0.05, 0) is 45.4 Å². The van der Waals surface area contributed by atoms with E-state index in [2.05, 4.69) is 11.2 Å². The minimum Gasteiger partial charge on any atom is -0.492 e. The summed E-state index contributed by atoms with van der Waals surface area (Å²) >= 11 is 1.54. The summed E-state index contributed by atoms with van der Waals surface area (Å²) in [6.07, 6.45) is 0.785. The van der Waals surface area contributed by atoms with Gasteiger partial charge < -0.3 is 4.74 Å². The van der Waals surface area contributed by atoms with Gasteiger partial charge in [0, 0.05) is 16.9 Å². The third-order valence-corrected chi connectivity index (χ3v) is 5.41. The monoisotopic (exact) mass is 356 g/mol. The van der Waals surface area contributed by atoms with Gasteiger partial charge >= 0.3 is 5.69 Å². The van der Waals surface area contributed by atoms with Gasteiger partial charge in [0.05, 0.1) is 18.3 Å². The smallest absolute Gasteiger partial charge is 0.352 e. The number of hydrogen-bond acceptors (Lipinski definition) is 5. The molecule has 0 aliphatic carbocycles. The van der Waals surface area contributed by atoms with Crippen molar-refractivity contribution in [3.63, 3.8) is 0 Å². The highest BCUT2D eigenvalue weighted by Gasteiger charge is 2.23. The van der Waals surface area contributed by atoms with Gasteiger partial charge in [-0.2, -0.15) is 5.10 Å². The lowest BCUT2D eigenvalue weighted by Gasteiger charge is -2.07. The molecule has 2 aromatic heterocycles. The lowest BCUT2D eigenvalue weighted by Crippen LogP contribution is -2.25. The normalized spacial score (nSPS) is 13.3. The molecular weight excluding hydrogens is 336 g/mol. The molecule has 0 spiro atoms. The average Bonchev–Trinajstić information content (AvgIpc) is 3.03. The van der Waals surface area contributed by atoms with E-state index in [1.807, 2.05) is 39.8 Å². The van der Waals surface area contributed by atoms with Crippen molar-refractivity contribution in [3.8, 4) is 22.1 Å². The van der Waals surface area contributed by atoms with Crippen molar-refractivity contribution in [2.75, 3.05) is 6.61 Å². The molecule has 0 saturated heterocycles. The van der Waals surface area contributed by atoms with E-state index in [1.54, 1.807) is 15.9 Å². The lowest BCUT2D eigenvalue weighted by atomic mass is 10.1. The van der Waals surface area contributed by atoms with Gasteiger partial charge in [-0.15, -0.1) is 11.3 Å². The molecule has 1 aliphatic heterocycles. The molecule has 0 amide bonds. The van der Waals surface area contributed by atoms with E-state index in [-0.39, 0.29) is 11.7 Å². The molecule has 1 aromatic carbocycles. The first-order valence-corrected chi connectivity index (χ1v) is 9.19. The summed E-state index contributed by atoms with van der Waals surface area (Å²) in [5.74, 6) is 1.51. The van der Waals surface area contributed by atoms with Crippen LogP contribution in [-0.4, -0.2) is 25.9 Å². The summed E-state index contributed by atoms with van der Waals surface area (Å²) < 4.78 is 8.99. The second kappa shape index (κ2) is 5.84. The molecular formula is C18H20N4O2S. The summed E-state index contributed by atoms with van der Waals surface area (Å²) in [4.78, 5) is 18.6. The summed E-state index contributed by atoms with van der Waals surface area (Å²) in [5.41, 5.74) is 2.92. The van der Waals surface area contributed by atoms with Crippen LogP contribution in [0.3, 0.4) is 0 Å². The Morgan fingerprint density at radius 1 is 1.28 bits per heavy atom. The first kappa shape index (κ1) is 16.1. The van der Waals surface area contributed by atoms with Crippen LogP contribution in [0.5, 0.6) is 5.75 Å². The van der Waals surface area contributed by atoms with Crippen molar-refractivity contribution < 1.29 is 4.74 Å². The zero-order valence-corrected chi connectivity index (χ0v) is 15.6. The highest BCUT2D eigenvalue weighted by Crippen LogP contribution is 2.38. The Balaban J connectivity index is 1.89. The molecule has 0 atom stereocenters. The van der Waals surface area contributed by atoms with Crippen LogP contribution in [-0.2, 0) is 6.42 Å². The maximum atomic E-state index is 12.7. The lowest BCUT2D eigenvalue weighted by molar-refractivity contribution is 0.327. The van der Waals surface area contributed by atoms with Gasteiger partial charge in [0.25, 0.3) is 0 Å². The van der Waals surface area contributed by atoms with Gasteiger partial charge in [-0.25, -0.2) is 19.0 Å². The van der Waals surface area contributed by atoms with Crippen molar-refractivity contribution in [3.05, 3.63) is 44.9 Å². The Labute approximate surface area is 149 Å². The highest BCUT2D eigenvalue weighted by atomic mass is 32.1. The third-order valence-electron chi connectivity index (χ3n) is 4.31. The Bertz CT molecular complexity index is 1010. The number of aryl methyl sites for hydroxylation is 2. The largest absolute Gasteiger partial charge is 0.492 e. The molecule has 0 N–H and O–H groups in total. The van der Waals surface area contributed by atoms with E-state index in [4.69, 9.17) is 9.72 Å². The predicted octanol–water partition coefficient (Wildman–Crippen LogP) is 3.29. The van der Waals surface area contributed by atoms with Crippen molar-refractivity contribution in [2.24, 2.45) is 0 Å². The highest BCUT2D eigenvalue weighted by molar-refractivity contribution is 7.14. The molecule has 0 unspecified atom stereocenters. The minimum atomic E-state index is -0.142. The number of hydrogen-bond donors (Lipinski definition) is 0. The van der Waals surface area contributed by atoms with Gasteiger partial charge in [0.15, 0.2) is 5.13 Å². The van der Waals surface area contributed by atoms with Crippen molar-refractivity contribution >= 4 is 11.3 Å². The quantitative estimate of drug-likeness (QED) is 0.707. The predicted molar refractivity (Wildman–Crippen MR) is 98.0 cm³/mol. The van der Waals surface area contributed by atoms with Crippen molar-refractivity contribution in [1.29, 1.82) is 0 Å². The molecule has 0 fully saturated rings. The second-order valence-electron chi connectivity index (χ2n) is 6.57. The Morgan fingerprint density at radius 3 is 2.80 bits per heavy atom. The van der Waals surface area contributed by atoms with E-state index in [9.17, 15) is 4.79 Å². The summed E-state index contributed by atoms with van der Waals surface area (Å²) in [7, 11) is 0. The molecule has 130 valence electrons. The van der Waals surface area contributed by atoms with Crippen LogP contribution in [0.25, 0.3) is 16.4 Å². The Kier molecular flexibility index (Phi) is 3.76. The van der Waals surface area contributed by atoms with Crippen molar-refractivity contribution in [1.82, 2.24) is 19.3 Å². The molecule has 1 aliphatic rings. The van der Waals surface area contributed by atoms with Gasteiger partial charge in [-0.1, -0.05) is 6.07 Å². The van der Waals surface area contributed by atoms with Crippen LogP contribution in [0, 0.1) is 13.8 Å². The topological polar surface area (TPSA) is 61.9 Å². The molecule has 0 saturated carbocycles. The van der Waals surface area contributed by atoms with Crippen LogP contribution in [0.1, 0.15) is 36.2 Å². The number of thiazole rings is 1. The number of rotatable bonds is 2. The fourth-order valence-corrected chi connectivity index (χ4v) is 4.15. The summed E-state index contributed by atoms with van der Waals surface area (Å²) in [5, 5.41) is 5.05. The Hall–Kier alpha value is -2.41. The number of benzene rings is 1. The molecule has 0 bridgehead atoms. The maximum Gasteiger partial charge on any atom is 0.352 e. The van der Waals surface area contributed by atoms with Crippen LogP contribution in [0.4, 0.5) is 0 Å². The molecule has 3 aromatic rings. The average molecular weight is 356 g/mol. The minimum absolute atomic E-state index is 0.0161. The van der Waals surface area contributed by atoms with Crippen LogP contribution in [0.15, 0.2) is 23.0 Å². The van der Waals surface area contributed by atoms with E-state index < -0.39 is 0 Å². The van der Waals surface area contributed by atoms with Gasteiger partial charge in [-0.3, -0.25) is 0 Å². The number of aromatic nitrogens is 4. The Morgan fingerprint density at radius 2 is 2.08 bits per heavy atom. The SMILES string of the molecule is Cc1ccc2c(c1)OCCc1sc(-n3c(C)nn(C(C)C)c3=O)nc1-2. The maximum absolute atomic E-state index is 12.7. The first-order valence-electron chi connectivity index (χ1n) is 8.37. The summed E-state index contributed by atoms with van der Waals surface area (Å²) in [6.45, 7) is 8.40. The molecule has 4 rings (SSSR count). The fraction of sp³-hybridized carbons (Fsp3) is 0.389. The van der Waals surface area contributed by atoms with Crippen LogP contribution >= 0.6 is 11.3 Å². The van der Waals surface area contributed by atoms with E-state index >= 15 is 0 Å². The zero-order chi connectivity index (χ0) is 17.7. The zero-order valence-electron chi connectivity index (χ0n) is 14.7. The molecule has 0 radical (unpaired) electrons. The van der Waals surface area contributed by atoms with Crippen molar-refractivity contribution in [2.45, 2.75) is 40.2 Å². The van der Waals surface area contributed by atoms with Crippen LogP contribution in [0.2, 0.25) is 0 Å². The molecule has 7 heteroatoms. The van der Waals surface area contributed by atoms with Gasteiger partial charge in [0.2, 0.25) is 0 Å². The second-order valence-corrected chi connectivity index (χ2v) is 7.63. The van der Waals surface area contributed by atoms with E-state index in [0.717, 1.165) is 33.9 Å². The molecule has 25 heavy (non-hydrogen) atoms. The van der Waals surface area contributed by atoms with Crippen LogP contribution < -0.4 is 10.4 Å². The standard InChI is InChI=1S/C18H20N4O2S/c1-10(2)22-18(23)21(12(4)20-22)17-19-16-13-6-5-11(3)9-14(13)24-8-7-15(16)25-17/h5-6,9-10H,7-8H2,1-4H3. The fourth-order valence-electron chi connectivity index (χ4n) is 3.05. The molecule has 3 heterocycles. The third kappa shape index (κ3) is 2.59. The number of ether oxygens (including phenoxy) is 1. The number of fused-ring (bicyclic) bond motifs is 3. The van der Waals surface area contributed by atoms with Gasteiger partial charge in [0.1, 0.15) is 11.6 Å².